The highest BCUT2D eigenvalue weighted by Crippen LogP contribution is 2.35. The summed E-state index contributed by atoms with van der Waals surface area (Å²) >= 11 is 0. The Morgan fingerprint density at radius 2 is 1.83 bits per heavy atom. The van der Waals surface area contributed by atoms with Crippen LogP contribution in [0.3, 0.4) is 0 Å². The Balaban J connectivity index is 1.43. The molecule has 5 rings (SSSR count). The second-order valence-electron chi connectivity index (χ2n) is 9.07. The lowest BCUT2D eigenvalue weighted by atomic mass is 9.95. The van der Waals surface area contributed by atoms with Crippen LogP contribution < -0.4 is 9.47 Å². The SMILES string of the molecule is COc1ccc([C@@H](C#Cc2ccc(-c3nc(C)no3)cc2)Cc2nc(C)co2)cc1OC1CCCC1. The zero-order valence-electron chi connectivity index (χ0n) is 20.8. The number of hydrogen-bond donors (Lipinski definition) is 0. The molecule has 1 fully saturated rings. The predicted molar refractivity (Wildman–Crippen MR) is 135 cm³/mol. The Morgan fingerprint density at radius 1 is 1.03 bits per heavy atom. The van der Waals surface area contributed by atoms with Crippen molar-refractivity contribution in [3.05, 3.63) is 77.3 Å². The number of oxazole rings is 1. The molecule has 0 aliphatic heterocycles. The van der Waals surface area contributed by atoms with Crippen molar-refractivity contribution in [3.63, 3.8) is 0 Å². The van der Waals surface area contributed by atoms with Gasteiger partial charge in [0.2, 0.25) is 0 Å². The minimum absolute atomic E-state index is 0.141. The molecule has 0 N–H and O–H groups in total. The highest BCUT2D eigenvalue weighted by Gasteiger charge is 2.21. The molecule has 4 aromatic rings. The minimum atomic E-state index is -0.141. The second kappa shape index (κ2) is 10.7. The average Bonchev–Trinajstić information content (AvgIpc) is 3.65. The fourth-order valence-electron chi connectivity index (χ4n) is 4.39. The van der Waals surface area contributed by atoms with Gasteiger partial charge in [-0.05, 0) is 81.5 Å². The highest BCUT2D eigenvalue weighted by atomic mass is 16.5. The van der Waals surface area contributed by atoms with Gasteiger partial charge in [0, 0.05) is 17.5 Å². The van der Waals surface area contributed by atoms with E-state index in [0.717, 1.165) is 46.7 Å². The van der Waals surface area contributed by atoms with E-state index in [9.17, 15) is 0 Å². The molecule has 7 heteroatoms. The topological polar surface area (TPSA) is 83.4 Å². The lowest BCUT2D eigenvalue weighted by Crippen LogP contribution is -2.12. The third-order valence-electron chi connectivity index (χ3n) is 6.28. The molecule has 36 heavy (non-hydrogen) atoms. The first-order chi connectivity index (χ1) is 17.6. The van der Waals surface area contributed by atoms with Gasteiger partial charge in [0.05, 0.1) is 24.8 Å². The summed E-state index contributed by atoms with van der Waals surface area (Å²) in [4.78, 5) is 8.78. The zero-order chi connectivity index (χ0) is 24.9. The number of aromatic nitrogens is 3. The van der Waals surface area contributed by atoms with Gasteiger partial charge in [0.25, 0.3) is 5.89 Å². The molecular formula is C29H29N3O4. The molecule has 7 nitrogen and oxygen atoms in total. The number of nitrogens with zero attached hydrogens (tertiary/aromatic N) is 3. The number of benzene rings is 2. The maximum Gasteiger partial charge on any atom is 0.257 e. The molecule has 0 radical (unpaired) electrons. The van der Waals surface area contributed by atoms with Crippen molar-refractivity contribution in [2.45, 2.75) is 58.0 Å². The molecule has 2 heterocycles. The van der Waals surface area contributed by atoms with Crippen LogP contribution in [0.5, 0.6) is 11.5 Å². The van der Waals surface area contributed by atoms with E-state index in [1.165, 1.54) is 12.8 Å². The lowest BCUT2D eigenvalue weighted by Gasteiger charge is -2.18. The van der Waals surface area contributed by atoms with Gasteiger partial charge in [-0.1, -0.05) is 23.1 Å². The Morgan fingerprint density at radius 3 is 2.50 bits per heavy atom. The monoisotopic (exact) mass is 483 g/mol. The van der Waals surface area contributed by atoms with E-state index in [1.807, 2.05) is 49.4 Å². The van der Waals surface area contributed by atoms with Crippen LogP contribution in [0.15, 0.2) is 57.7 Å². The molecule has 1 atom stereocenters. The van der Waals surface area contributed by atoms with Crippen LogP contribution in [0.1, 0.15) is 60.1 Å². The fraction of sp³-hybridized carbons (Fsp3) is 0.345. The summed E-state index contributed by atoms with van der Waals surface area (Å²) in [5.41, 5.74) is 3.63. The number of hydrogen-bond acceptors (Lipinski definition) is 7. The summed E-state index contributed by atoms with van der Waals surface area (Å²) in [5, 5.41) is 3.85. The smallest absolute Gasteiger partial charge is 0.257 e. The van der Waals surface area contributed by atoms with E-state index in [0.29, 0.717) is 24.0 Å². The summed E-state index contributed by atoms with van der Waals surface area (Å²) in [7, 11) is 1.67. The first kappa shape index (κ1) is 23.7. The first-order valence-corrected chi connectivity index (χ1v) is 12.3. The second-order valence-corrected chi connectivity index (χ2v) is 9.07. The molecule has 2 aromatic heterocycles. The third-order valence-corrected chi connectivity index (χ3v) is 6.28. The minimum Gasteiger partial charge on any atom is -0.493 e. The molecule has 184 valence electrons. The Bertz CT molecular complexity index is 1370. The largest absolute Gasteiger partial charge is 0.493 e. The zero-order valence-corrected chi connectivity index (χ0v) is 20.8. The Labute approximate surface area is 210 Å². The molecule has 1 saturated carbocycles. The summed E-state index contributed by atoms with van der Waals surface area (Å²) < 4.78 is 22.8. The van der Waals surface area contributed by atoms with Gasteiger partial charge >= 0.3 is 0 Å². The summed E-state index contributed by atoms with van der Waals surface area (Å²) in [6.45, 7) is 3.72. The van der Waals surface area contributed by atoms with Crippen molar-refractivity contribution in [3.8, 4) is 34.8 Å². The number of aryl methyl sites for hydroxylation is 2. The van der Waals surface area contributed by atoms with Crippen molar-refractivity contribution in [2.75, 3.05) is 7.11 Å². The third kappa shape index (κ3) is 5.60. The lowest BCUT2D eigenvalue weighted by molar-refractivity contribution is 0.200. The maximum atomic E-state index is 6.33. The predicted octanol–water partition coefficient (Wildman–Crippen LogP) is 6.05. The van der Waals surface area contributed by atoms with Crippen LogP contribution in [0, 0.1) is 25.7 Å². The van der Waals surface area contributed by atoms with E-state index in [2.05, 4.69) is 27.0 Å². The van der Waals surface area contributed by atoms with Gasteiger partial charge in [-0.15, -0.1) is 0 Å². The fourth-order valence-corrected chi connectivity index (χ4v) is 4.39. The van der Waals surface area contributed by atoms with Crippen LogP contribution >= 0.6 is 0 Å². The molecule has 0 bridgehead atoms. The molecule has 1 aliphatic rings. The van der Waals surface area contributed by atoms with Crippen molar-refractivity contribution < 1.29 is 18.4 Å². The van der Waals surface area contributed by atoms with Gasteiger partial charge in [0.1, 0.15) is 6.26 Å². The van der Waals surface area contributed by atoms with E-state index < -0.39 is 0 Å². The van der Waals surface area contributed by atoms with Crippen molar-refractivity contribution in [1.82, 2.24) is 15.1 Å². The van der Waals surface area contributed by atoms with E-state index in [-0.39, 0.29) is 12.0 Å². The van der Waals surface area contributed by atoms with Crippen LogP contribution in [0.4, 0.5) is 0 Å². The van der Waals surface area contributed by atoms with Crippen LogP contribution in [0.2, 0.25) is 0 Å². The van der Waals surface area contributed by atoms with Crippen molar-refractivity contribution in [2.24, 2.45) is 0 Å². The van der Waals surface area contributed by atoms with E-state index in [1.54, 1.807) is 20.3 Å². The van der Waals surface area contributed by atoms with Crippen LogP contribution in [-0.4, -0.2) is 28.3 Å². The number of ether oxygens (including phenoxy) is 2. The molecule has 0 unspecified atom stereocenters. The van der Waals surface area contributed by atoms with Gasteiger partial charge in [-0.3, -0.25) is 0 Å². The highest BCUT2D eigenvalue weighted by molar-refractivity contribution is 5.55. The molecule has 2 aromatic carbocycles. The summed E-state index contributed by atoms with van der Waals surface area (Å²) in [6, 6.07) is 13.8. The van der Waals surface area contributed by atoms with E-state index in [4.69, 9.17) is 18.4 Å². The van der Waals surface area contributed by atoms with Crippen molar-refractivity contribution in [1.29, 1.82) is 0 Å². The van der Waals surface area contributed by atoms with Gasteiger partial charge < -0.3 is 18.4 Å². The quantitative estimate of drug-likeness (QED) is 0.296. The summed E-state index contributed by atoms with van der Waals surface area (Å²) in [6.07, 6.45) is 7.01. The summed E-state index contributed by atoms with van der Waals surface area (Å²) in [5.74, 6) is 9.86. The Kier molecular flexibility index (Phi) is 7.03. The van der Waals surface area contributed by atoms with Gasteiger partial charge in [-0.2, -0.15) is 4.98 Å². The van der Waals surface area contributed by atoms with Crippen LogP contribution in [0.25, 0.3) is 11.5 Å². The average molecular weight is 484 g/mol. The standard InChI is InChI=1S/C29H29N3O4/c1-19-18-34-28(30-19)17-24(13-10-21-8-11-22(12-9-21)29-31-20(2)32-36-29)23-14-15-26(33-3)27(16-23)35-25-6-4-5-7-25/h8-9,11-12,14-16,18,24-25H,4-7,17H2,1-3H3/t24-/m0/s1. The normalized spacial score (nSPS) is 14.3. The molecule has 1 aliphatic carbocycles. The number of methoxy groups -OCH3 is 1. The molecule has 0 saturated heterocycles. The van der Waals surface area contributed by atoms with Gasteiger partial charge in [0.15, 0.2) is 23.2 Å². The maximum absolute atomic E-state index is 6.33. The van der Waals surface area contributed by atoms with Crippen molar-refractivity contribution >= 4 is 0 Å². The molecule has 0 amide bonds. The Hall–Kier alpha value is -4.05. The van der Waals surface area contributed by atoms with E-state index >= 15 is 0 Å². The number of rotatable bonds is 7. The molecular weight excluding hydrogens is 454 g/mol. The van der Waals surface area contributed by atoms with Gasteiger partial charge in [-0.25, -0.2) is 4.98 Å². The van der Waals surface area contributed by atoms with Crippen LogP contribution in [-0.2, 0) is 6.42 Å². The first-order valence-electron chi connectivity index (χ1n) is 12.3. The molecule has 0 spiro atoms.